The first-order valence-corrected chi connectivity index (χ1v) is 9.87. The van der Waals surface area contributed by atoms with Gasteiger partial charge in [0.25, 0.3) is 0 Å². The number of rotatable bonds is 7. The number of carbonyl (C=O) groups excluding carboxylic acids is 2. The number of carbonyl (C=O) groups is 2. The third-order valence-corrected chi connectivity index (χ3v) is 4.96. The fourth-order valence-electron chi connectivity index (χ4n) is 2.43. The first-order chi connectivity index (χ1) is 10.2. The molecule has 1 aromatic carbocycles. The fraction of sp³-hybridized carbons (Fsp3) is 0.429. The second-order valence-corrected chi connectivity index (χ2v) is 6.92. The highest BCUT2D eigenvalue weighted by Gasteiger charge is 2.33. The van der Waals surface area contributed by atoms with E-state index in [4.69, 9.17) is 14.2 Å². The summed E-state index contributed by atoms with van der Waals surface area (Å²) in [7, 11) is 3.16. The molecule has 1 aliphatic rings. The van der Waals surface area contributed by atoms with Crippen molar-refractivity contribution in [3.63, 3.8) is 0 Å². The lowest BCUT2D eigenvalue weighted by molar-refractivity contribution is -0.107. The minimum absolute atomic E-state index is 0.136. The minimum atomic E-state index is -0.403. The largest absolute Gasteiger partial charge is 0.496 e. The van der Waals surface area contributed by atoms with Crippen LogP contribution in [0.15, 0.2) is 0 Å². The van der Waals surface area contributed by atoms with Crippen molar-refractivity contribution in [2.24, 2.45) is 0 Å². The Morgan fingerprint density at radius 2 is 2.19 bits per heavy atom. The molecule has 0 N–H and O–H groups in total. The standard InChI is InChI=1S/C14H15IO5S/c1-8-10-7-20-14(17)11(10)13(19-5-6-21-15)9(3-4-16)12(8)18-2/h4H,3,5-7H2,1-2H3. The molecule has 1 aromatic rings. The molecule has 0 fully saturated rings. The number of cyclic esters (lactones) is 1. The summed E-state index contributed by atoms with van der Waals surface area (Å²) in [6.07, 6.45) is 0.918. The van der Waals surface area contributed by atoms with Crippen LogP contribution in [0.1, 0.15) is 27.0 Å². The van der Waals surface area contributed by atoms with Crippen LogP contribution in [-0.2, 0) is 22.6 Å². The Hall–Kier alpha value is -0.960. The van der Waals surface area contributed by atoms with Crippen molar-refractivity contribution in [3.05, 3.63) is 22.3 Å². The van der Waals surface area contributed by atoms with Crippen LogP contribution in [0.25, 0.3) is 0 Å². The van der Waals surface area contributed by atoms with Crippen molar-refractivity contribution in [2.75, 3.05) is 19.5 Å². The molecule has 0 saturated heterocycles. The third kappa shape index (κ3) is 3.13. The molecular weight excluding hydrogens is 407 g/mol. The number of aldehydes is 1. The maximum absolute atomic E-state index is 12.0. The Balaban J connectivity index is 2.59. The van der Waals surface area contributed by atoms with Gasteiger partial charge in [0.15, 0.2) is 0 Å². The molecule has 1 heterocycles. The summed E-state index contributed by atoms with van der Waals surface area (Å²) < 4.78 is 16.3. The molecule has 0 aromatic heterocycles. The van der Waals surface area contributed by atoms with Crippen molar-refractivity contribution in [3.8, 4) is 11.5 Å². The number of halogens is 1. The van der Waals surface area contributed by atoms with Gasteiger partial charge in [0.2, 0.25) is 0 Å². The minimum Gasteiger partial charge on any atom is -0.496 e. The highest BCUT2D eigenvalue weighted by molar-refractivity contribution is 14.2. The van der Waals surface area contributed by atoms with Gasteiger partial charge in [-0.3, -0.25) is 0 Å². The van der Waals surface area contributed by atoms with Crippen molar-refractivity contribution >= 4 is 42.4 Å². The smallest absolute Gasteiger partial charge is 0.342 e. The number of esters is 1. The van der Waals surface area contributed by atoms with E-state index in [-0.39, 0.29) is 13.0 Å². The van der Waals surface area contributed by atoms with E-state index in [2.05, 4.69) is 21.2 Å². The topological polar surface area (TPSA) is 61.8 Å². The number of hydrogen-bond acceptors (Lipinski definition) is 6. The van der Waals surface area contributed by atoms with Gasteiger partial charge < -0.3 is 19.0 Å². The summed E-state index contributed by atoms with van der Waals surface area (Å²) in [6, 6.07) is 0. The van der Waals surface area contributed by atoms with Gasteiger partial charge in [0.1, 0.15) is 30.0 Å². The molecule has 7 heteroatoms. The monoisotopic (exact) mass is 422 g/mol. The van der Waals surface area contributed by atoms with Crippen LogP contribution in [0.3, 0.4) is 0 Å². The van der Waals surface area contributed by atoms with Gasteiger partial charge in [-0.05, 0) is 33.7 Å². The zero-order chi connectivity index (χ0) is 15.4. The molecule has 0 amide bonds. The molecule has 0 aliphatic carbocycles. The SMILES string of the molecule is COc1c(C)c2c(c(OCCSI)c1CC=O)C(=O)OC2. The third-order valence-electron chi connectivity index (χ3n) is 3.32. The van der Waals surface area contributed by atoms with Crippen LogP contribution in [-0.4, -0.2) is 31.7 Å². The maximum Gasteiger partial charge on any atom is 0.342 e. The van der Waals surface area contributed by atoms with Gasteiger partial charge in [-0.25, -0.2) is 4.79 Å². The molecular formula is C14H15IO5S. The zero-order valence-corrected chi connectivity index (χ0v) is 14.7. The Morgan fingerprint density at radius 1 is 1.43 bits per heavy atom. The molecule has 0 radical (unpaired) electrons. The van der Waals surface area contributed by atoms with Crippen molar-refractivity contribution in [1.82, 2.24) is 0 Å². The molecule has 2 rings (SSSR count). The second kappa shape index (κ2) is 7.35. The van der Waals surface area contributed by atoms with Gasteiger partial charge in [-0.2, -0.15) is 0 Å². The number of methoxy groups -OCH3 is 1. The number of ether oxygens (including phenoxy) is 3. The van der Waals surface area contributed by atoms with E-state index in [1.54, 1.807) is 16.0 Å². The van der Waals surface area contributed by atoms with E-state index < -0.39 is 5.97 Å². The summed E-state index contributed by atoms with van der Waals surface area (Å²) in [5, 5.41) is 0. The van der Waals surface area contributed by atoms with E-state index in [1.807, 2.05) is 6.92 Å². The van der Waals surface area contributed by atoms with Crippen LogP contribution in [0, 0.1) is 6.92 Å². The van der Waals surface area contributed by atoms with E-state index in [9.17, 15) is 9.59 Å². The predicted octanol–water partition coefficient (Wildman–Crippen LogP) is 2.88. The van der Waals surface area contributed by atoms with Crippen molar-refractivity contribution in [2.45, 2.75) is 20.0 Å². The summed E-state index contributed by atoms with van der Waals surface area (Å²) >= 11 is 2.18. The lowest BCUT2D eigenvalue weighted by Crippen LogP contribution is -2.10. The van der Waals surface area contributed by atoms with Crippen LogP contribution in [0.5, 0.6) is 11.5 Å². The Morgan fingerprint density at radius 3 is 2.81 bits per heavy atom. The van der Waals surface area contributed by atoms with Gasteiger partial charge in [0, 0.05) is 23.3 Å². The molecule has 0 bridgehead atoms. The number of benzene rings is 1. The van der Waals surface area contributed by atoms with Gasteiger partial charge >= 0.3 is 5.97 Å². The summed E-state index contributed by atoms with van der Waals surface area (Å²) in [5.41, 5.74) is 2.65. The van der Waals surface area contributed by atoms with Crippen LogP contribution in [0.4, 0.5) is 0 Å². The van der Waals surface area contributed by atoms with E-state index in [1.165, 1.54) is 0 Å². The Bertz CT molecular complexity index is 573. The highest BCUT2D eigenvalue weighted by Crippen LogP contribution is 2.42. The van der Waals surface area contributed by atoms with Crippen LogP contribution in [0.2, 0.25) is 0 Å². The molecule has 114 valence electrons. The second-order valence-electron chi connectivity index (χ2n) is 4.43. The van der Waals surface area contributed by atoms with Crippen LogP contribution >= 0.6 is 30.1 Å². The number of hydrogen-bond donors (Lipinski definition) is 0. The zero-order valence-electron chi connectivity index (χ0n) is 11.7. The average molecular weight is 422 g/mol. The summed E-state index contributed by atoms with van der Waals surface area (Å²) in [4.78, 5) is 23.0. The predicted molar refractivity (Wildman–Crippen MR) is 88.6 cm³/mol. The summed E-state index contributed by atoms with van der Waals surface area (Å²) in [5.74, 6) is 1.39. The van der Waals surface area contributed by atoms with Crippen molar-refractivity contribution in [1.29, 1.82) is 0 Å². The summed E-state index contributed by atoms with van der Waals surface area (Å²) in [6.45, 7) is 2.53. The lowest BCUT2D eigenvalue weighted by atomic mass is 9.95. The van der Waals surface area contributed by atoms with Gasteiger partial charge in [-0.1, -0.05) is 8.93 Å². The molecule has 0 spiro atoms. The van der Waals surface area contributed by atoms with Crippen molar-refractivity contribution < 1.29 is 23.8 Å². The van der Waals surface area contributed by atoms with E-state index >= 15 is 0 Å². The first-order valence-electron chi connectivity index (χ1n) is 6.35. The number of fused-ring (bicyclic) bond motifs is 1. The van der Waals surface area contributed by atoms with E-state index in [0.29, 0.717) is 29.2 Å². The maximum atomic E-state index is 12.0. The van der Waals surface area contributed by atoms with Gasteiger partial charge in [0.05, 0.1) is 13.7 Å². The first kappa shape index (κ1) is 16.4. The highest BCUT2D eigenvalue weighted by atomic mass is 127. The Labute approximate surface area is 139 Å². The molecule has 5 nitrogen and oxygen atoms in total. The lowest BCUT2D eigenvalue weighted by Gasteiger charge is -2.18. The fourth-order valence-corrected chi connectivity index (χ4v) is 3.11. The molecule has 21 heavy (non-hydrogen) atoms. The molecule has 0 unspecified atom stereocenters. The van der Waals surface area contributed by atoms with Crippen LogP contribution < -0.4 is 9.47 Å². The normalized spacial score (nSPS) is 12.8. The van der Waals surface area contributed by atoms with Gasteiger partial charge in [-0.15, -0.1) is 0 Å². The Kier molecular flexibility index (Phi) is 5.74. The molecule has 0 atom stereocenters. The average Bonchev–Trinajstić information content (AvgIpc) is 2.85. The molecule has 0 saturated carbocycles. The quantitative estimate of drug-likeness (QED) is 0.292. The molecule has 1 aliphatic heterocycles. The van der Waals surface area contributed by atoms with E-state index in [0.717, 1.165) is 23.2 Å².